The van der Waals surface area contributed by atoms with Crippen molar-refractivity contribution in [3.05, 3.63) is 51.9 Å². The summed E-state index contributed by atoms with van der Waals surface area (Å²) in [7, 11) is 0. The molecule has 0 fully saturated rings. The maximum Gasteiger partial charge on any atom is 0.230 e. The van der Waals surface area contributed by atoms with Crippen molar-refractivity contribution in [1.29, 1.82) is 0 Å². The molecule has 4 nitrogen and oxygen atoms in total. The van der Waals surface area contributed by atoms with Gasteiger partial charge in [-0.2, -0.15) is 0 Å². The van der Waals surface area contributed by atoms with E-state index in [1.807, 2.05) is 38.1 Å². The normalized spacial score (nSPS) is 12.2. The lowest BCUT2D eigenvalue weighted by Crippen LogP contribution is -2.25. The molecule has 0 aliphatic heterocycles. The van der Waals surface area contributed by atoms with Crippen molar-refractivity contribution in [3.8, 4) is 0 Å². The van der Waals surface area contributed by atoms with Crippen molar-refractivity contribution in [2.24, 2.45) is 0 Å². The minimum absolute atomic E-state index is 0.00538. The highest BCUT2D eigenvalue weighted by Gasteiger charge is 2.12. The van der Waals surface area contributed by atoms with E-state index in [0.717, 1.165) is 27.6 Å². The Morgan fingerprint density at radius 1 is 1.36 bits per heavy atom. The average Bonchev–Trinajstić information content (AvgIpc) is 2.82. The largest absolute Gasteiger partial charge is 0.361 e. The summed E-state index contributed by atoms with van der Waals surface area (Å²) < 4.78 is 5.08. The van der Waals surface area contributed by atoms with E-state index in [1.54, 1.807) is 11.8 Å². The first-order chi connectivity index (χ1) is 10.5. The minimum atomic E-state index is 0.00538. The van der Waals surface area contributed by atoms with Crippen LogP contribution in [0.25, 0.3) is 0 Å². The van der Waals surface area contributed by atoms with Crippen molar-refractivity contribution < 1.29 is 9.32 Å². The Morgan fingerprint density at radius 2 is 2.05 bits per heavy atom. The molecule has 0 saturated heterocycles. The fourth-order valence-electron chi connectivity index (χ4n) is 2.02. The molecule has 2 rings (SSSR count). The predicted octanol–water partition coefficient (Wildman–Crippen LogP) is 4.06. The average molecular weight is 339 g/mol. The molecule has 0 saturated carbocycles. The van der Waals surface area contributed by atoms with E-state index in [4.69, 9.17) is 16.1 Å². The van der Waals surface area contributed by atoms with Crippen LogP contribution in [-0.2, 0) is 11.3 Å². The maximum atomic E-state index is 11.9. The first kappa shape index (κ1) is 16.9. The second-order valence-electron chi connectivity index (χ2n) is 5.08. The fourth-order valence-corrected chi connectivity index (χ4v) is 3.00. The molecule has 22 heavy (non-hydrogen) atoms. The van der Waals surface area contributed by atoms with E-state index in [-0.39, 0.29) is 11.2 Å². The summed E-state index contributed by atoms with van der Waals surface area (Å²) in [4.78, 5) is 11.9. The van der Waals surface area contributed by atoms with Gasteiger partial charge in [-0.05, 0) is 38.5 Å². The van der Waals surface area contributed by atoms with Crippen molar-refractivity contribution in [2.45, 2.75) is 32.6 Å². The van der Waals surface area contributed by atoms with Gasteiger partial charge in [0.2, 0.25) is 5.91 Å². The third-order valence-electron chi connectivity index (χ3n) is 3.45. The van der Waals surface area contributed by atoms with Crippen LogP contribution < -0.4 is 5.32 Å². The summed E-state index contributed by atoms with van der Waals surface area (Å²) in [5.74, 6) is 1.17. The van der Waals surface area contributed by atoms with Gasteiger partial charge in [-0.1, -0.05) is 28.9 Å². The molecule has 1 amide bonds. The third kappa shape index (κ3) is 4.52. The molecule has 1 heterocycles. The molecule has 0 aliphatic carbocycles. The predicted molar refractivity (Wildman–Crippen MR) is 90.1 cm³/mol. The molecule has 2 aromatic rings. The van der Waals surface area contributed by atoms with Crippen LogP contribution in [0.15, 0.2) is 28.8 Å². The van der Waals surface area contributed by atoms with Gasteiger partial charge in [-0.25, -0.2) is 0 Å². The number of carbonyl (C=O) groups is 1. The summed E-state index contributed by atoms with van der Waals surface area (Å²) in [5, 5.41) is 7.73. The Morgan fingerprint density at radius 3 is 2.64 bits per heavy atom. The Kier molecular flexibility index (Phi) is 5.91. The van der Waals surface area contributed by atoms with Gasteiger partial charge in [0.25, 0.3) is 0 Å². The number of hydrogen-bond acceptors (Lipinski definition) is 4. The highest BCUT2D eigenvalue weighted by Crippen LogP contribution is 2.28. The Labute approximate surface area is 139 Å². The highest BCUT2D eigenvalue weighted by molar-refractivity contribution is 8.00. The van der Waals surface area contributed by atoms with Crippen molar-refractivity contribution in [3.63, 3.8) is 0 Å². The van der Waals surface area contributed by atoms with Gasteiger partial charge in [0.1, 0.15) is 5.76 Å². The molecular weight excluding hydrogens is 320 g/mol. The topological polar surface area (TPSA) is 55.1 Å². The maximum absolute atomic E-state index is 11.9. The van der Waals surface area contributed by atoms with Gasteiger partial charge in [0, 0.05) is 22.4 Å². The third-order valence-corrected chi connectivity index (χ3v) is 4.90. The molecule has 1 aromatic carbocycles. The SMILES string of the molecule is Cc1noc(C)c1CNC(=O)CS[C@@H](C)c1ccc(Cl)cc1. The van der Waals surface area contributed by atoms with Gasteiger partial charge in [-0.15, -0.1) is 11.8 Å². The number of aryl methyl sites for hydroxylation is 2. The van der Waals surface area contributed by atoms with Crippen LogP contribution in [0.1, 0.15) is 34.8 Å². The van der Waals surface area contributed by atoms with E-state index in [1.165, 1.54) is 0 Å². The molecule has 6 heteroatoms. The van der Waals surface area contributed by atoms with Gasteiger partial charge >= 0.3 is 0 Å². The number of aromatic nitrogens is 1. The zero-order valence-corrected chi connectivity index (χ0v) is 14.4. The number of nitrogens with one attached hydrogen (secondary N) is 1. The van der Waals surface area contributed by atoms with Crippen molar-refractivity contribution >= 4 is 29.3 Å². The standard InChI is InChI=1S/C16H19ClN2O2S/c1-10-15(11(2)21-19-10)8-18-16(20)9-22-12(3)13-4-6-14(17)7-5-13/h4-7,12H,8-9H2,1-3H3,(H,18,20)/t12-/m0/s1. The number of amides is 1. The van der Waals surface area contributed by atoms with Gasteiger partial charge in [-0.3, -0.25) is 4.79 Å². The number of hydrogen-bond donors (Lipinski definition) is 1. The Bertz CT molecular complexity index is 621. The van der Waals surface area contributed by atoms with Crippen LogP contribution in [0.2, 0.25) is 5.02 Å². The van der Waals surface area contributed by atoms with E-state index in [9.17, 15) is 4.79 Å². The molecule has 0 bridgehead atoms. The molecule has 1 N–H and O–H groups in total. The fraction of sp³-hybridized carbons (Fsp3) is 0.375. The van der Waals surface area contributed by atoms with Crippen LogP contribution in [0.4, 0.5) is 0 Å². The first-order valence-corrected chi connectivity index (χ1v) is 8.45. The molecule has 1 atom stereocenters. The summed E-state index contributed by atoms with van der Waals surface area (Å²) in [6.45, 7) is 6.25. The summed E-state index contributed by atoms with van der Waals surface area (Å²) in [6, 6.07) is 7.71. The molecule has 0 radical (unpaired) electrons. The summed E-state index contributed by atoms with van der Waals surface area (Å²) >= 11 is 7.47. The number of halogens is 1. The van der Waals surface area contributed by atoms with Crippen LogP contribution in [-0.4, -0.2) is 16.8 Å². The summed E-state index contributed by atoms with van der Waals surface area (Å²) in [5.41, 5.74) is 2.93. The number of thioether (sulfide) groups is 1. The molecule has 0 spiro atoms. The minimum Gasteiger partial charge on any atom is -0.361 e. The van der Waals surface area contributed by atoms with Gasteiger partial charge in [0.05, 0.1) is 11.4 Å². The van der Waals surface area contributed by atoms with E-state index < -0.39 is 0 Å². The van der Waals surface area contributed by atoms with E-state index in [0.29, 0.717) is 12.3 Å². The smallest absolute Gasteiger partial charge is 0.230 e. The lowest BCUT2D eigenvalue weighted by Gasteiger charge is -2.12. The van der Waals surface area contributed by atoms with Gasteiger partial charge in [0.15, 0.2) is 0 Å². The van der Waals surface area contributed by atoms with Crippen molar-refractivity contribution in [2.75, 3.05) is 5.75 Å². The van der Waals surface area contributed by atoms with Crippen LogP contribution in [0.3, 0.4) is 0 Å². The summed E-state index contributed by atoms with van der Waals surface area (Å²) in [6.07, 6.45) is 0. The lowest BCUT2D eigenvalue weighted by atomic mass is 10.2. The molecule has 0 unspecified atom stereocenters. The molecule has 1 aromatic heterocycles. The highest BCUT2D eigenvalue weighted by atomic mass is 35.5. The first-order valence-electron chi connectivity index (χ1n) is 7.03. The van der Waals surface area contributed by atoms with Gasteiger partial charge < -0.3 is 9.84 Å². The quantitative estimate of drug-likeness (QED) is 0.863. The molecule has 118 valence electrons. The number of carbonyl (C=O) groups excluding carboxylic acids is 1. The number of nitrogens with zero attached hydrogens (tertiary/aromatic N) is 1. The Balaban J connectivity index is 1.79. The zero-order chi connectivity index (χ0) is 16.1. The zero-order valence-electron chi connectivity index (χ0n) is 12.9. The molecule has 0 aliphatic rings. The Hall–Kier alpha value is -1.46. The second kappa shape index (κ2) is 7.70. The van der Waals surface area contributed by atoms with Crippen molar-refractivity contribution in [1.82, 2.24) is 10.5 Å². The van der Waals surface area contributed by atoms with Crippen LogP contribution in [0.5, 0.6) is 0 Å². The van der Waals surface area contributed by atoms with Crippen LogP contribution in [0, 0.1) is 13.8 Å². The molecular formula is C16H19ClN2O2S. The second-order valence-corrected chi connectivity index (χ2v) is 6.85. The monoisotopic (exact) mass is 338 g/mol. The number of benzene rings is 1. The number of rotatable bonds is 6. The van der Waals surface area contributed by atoms with E-state index >= 15 is 0 Å². The lowest BCUT2D eigenvalue weighted by molar-refractivity contribution is -0.118. The van der Waals surface area contributed by atoms with Crippen LogP contribution >= 0.6 is 23.4 Å². The van der Waals surface area contributed by atoms with E-state index in [2.05, 4.69) is 17.4 Å².